The van der Waals surface area contributed by atoms with E-state index in [9.17, 15) is 18.0 Å². The number of benzene rings is 1. The predicted molar refractivity (Wildman–Crippen MR) is 93.2 cm³/mol. The van der Waals surface area contributed by atoms with Crippen LogP contribution in [0.2, 0.25) is 0 Å². The zero-order valence-electron chi connectivity index (χ0n) is 15.5. The van der Waals surface area contributed by atoms with Crippen molar-refractivity contribution in [2.45, 2.75) is 51.4 Å². The fraction of sp³-hybridized carbons (Fsp3) is 0.526. The van der Waals surface area contributed by atoms with Crippen molar-refractivity contribution in [3.8, 4) is 0 Å². The Morgan fingerprint density at radius 2 is 2.18 bits per heavy atom. The third-order valence-electron chi connectivity index (χ3n) is 4.64. The van der Waals surface area contributed by atoms with Crippen molar-refractivity contribution in [2.75, 3.05) is 13.2 Å². The average Bonchev–Trinajstić information content (AvgIpc) is 3.09. The van der Waals surface area contributed by atoms with Crippen LogP contribution in [-0.2, 0) is 28.7 Å². The summed E-state index contributed by atoms with van der Waals surface area (Å²) in [6.45, 7) is 3.11. The minimum Gasteiger partial charge on any atom is -0.465 e. The lowest BCUT2D eigenvalue weighted by Crippen LogP contribution is -2.45. The molecular weight excluding hydrogens is 375 g/mol. The Balaban J connectivity index is 1.66. The number of piperidine rings is 1. The smallest absolute Gasteiger partial charge is 0.416 e. The van der Waals surface area contributed by atoms with Crippen LogP contribution in [0.4, 0.5) is 13.2 Å². The van der Waals surface area contributed by atoms with Gasteiger partial charge in [-0.25, -0.2) is 0 Å². The number of rotatable bonds is 6. The first-order valence-electron chi connectivity index (χ1n) is 9.25. The van der Waals surface area contributed by atoms with E-state index in [0.29, 0.717) is 36.9 Å². The summed E-state index contributed by atoms with van der Waals surface area (Å²) in [4.78, 5) is 18.4. The highest BCUT2D eigenvalue weighted by Gasteiger charge is 2.32. The SMILES string of the molecule is CCOC(=O)C1CCCCN1Cc1nc(Cc2cccc(C(F)(F)F)c2)no1. The summed E-state index contributed by atoms with van der Waals surface area (Å²) in [5.41, 5.74) is -0.260. The molecule has 0 spiro atoms. The molecule has 1 atom stereocenters. The molecule has 0 amide bonds. The van der Waals surface area contributed by atoms with E-state index in [2.05, 4.69) is 10.1 Å². The third kappa shape index (κ3) is 5.09. The van der Waals surface area contributed by atoms with Gasteiger partial charge in [0.1, 0.15) is 6.04 Å². The molecule has 1 aliphatic heterocycles. The maximum absolute atomic E-state index is 12.8. The van der Waals surface area contributed by atoms with E-state index in [4.69, 9.17) is 9.26 Å². The molecule has 6 nitrogen and oxygen atoms in total. The average molecular weight is 397 g/mol. The van der Waals surface area contributed by atoms with Crippen LogP contribution in [0.1, 0.15) is 49.0 Å². The van der Waals surface area contributed by atoms with E-state index < -0.39 is 11.7 Å². The molecule has 2 heterocycles. The molecule has 1 fully saturated rings. The van der Waals surface area contributed by atoms with Gasteiger partial charge in [0.25, 0.3) is 0 Å². The van der Waals surface area contributed by atoms with Crippen LogP contribution in [0.5, 0.6) is 0 Å². The number of esters is 1. The van der Waals surface area contributed by atoms with Crippen molar-refractivity contribution < 1.29 is 27.2 Å². The molecular formula is C19H22F3N3O3. The molecule has 0 radical (unpaired) electrons. The van der Waals surface area contributed by atoms with E-state index in [1.807, 2.05) is 4.90 Å². The monoisotopic (exact) mass is 397 g/mol. The summed E-state index contributed by atoms with van der Waals surface area (Å²) in [5.74, 6) is 0.378. The first-order chi connectivity index (χ1) is 13.4. The Kier molecular flexibility index (Phi) is 6.33. The Morgan fingerprint density at radius 1 is 1.36 bits per heavy atom. The van der Waals surface area contributed by atoms with Crippen molar-refractivity contribution in [2.24, 2.45) is 0 Å². The maximum atomic E-state index is 12.8. The van der Waals surface area contributed by atoms with Gasteiger partial charge in [-0.15, -0.1) is 0 Å². The number of carbonyl (C=O) groups excluding carboxylic acids is 1. The molecule has 1 aromatic carbocycles. The lowest BCUT2D eigenvalue weighted by molar-refractivity contribution is -0.151. The number of alkyl halides is 3. The van der Waals surface area contributed by atoms with E-state index in [1.165, 1.54) is 6.07 Å². The summed E-state index contributed by atoms with van der Waals surface area (Å²) < 4.78 is 48.9. The summed E-state index contributed by atoms with van der Waals surface area (Å²) in [6, 6.07) is 4.71. The lowest BCUT2D eigenvalue weighted by Gasteiger charge is -2.32. The summed E-state index contributed by atoms with van der Waals surface area (Å²) in [7, 11) is 0. The van der Waals surface area contributed by atoms with Crippen LogP contribution in [0, 0.1) is 0 Å². The van der Waals surface area contributed by atoms with Crippen LogP contribution < -0.4 is 0 Å². The van der Waals surface area contributed by atoms with Gasteiger partial charge in [0.2, 0.25) is 5.89 Å². The first-order valence-corrected chi connectivity index (χ1v) is 9.25. The van der Waals surface area contributed by atoms with Gasteiger partial charge in [0, 0.05) is 6.42 Å². The number of aromatic nitrogens is 2. The van der Waals surface area contributed by atoms with Gasteiger partial charge >= 0.3 is 12.1 Å². The fourth-order valence-corrected chi connectivity index (χ4v) is 3.33. The molecule has 0 saturated carbocycles. The highest BCUT2D eigenvalue weighted by molar-refractivity contribution is 5.75. The Labute approximate surface area is 160 Å². The molecule has 2 aromatic rings. The highest BCUT2D eigenvalue weighted by atomic mass is 19.4. The van der Waals surface area contributed by atoms with Gasteiger partial charge in [-0.2, -0.15) is 18.2 Å². The molecule has 0 aliphatic carbocycles. The van der Waals surface area contributed by atoms with E-state index >= 15 is 0 Å². The molecule has 28 heavy (non-hydrogen) atoms. The zero-order valence-corrected chi connectivity index (χ0v) is 15.5. The van der Waals surface area contributed by atoms with Gasteiger partial charge in [-0.3, -0.25) is 9.69 Å². The molecule has 152 valence electrons. The van der Waals surface area contributed by atoms with Crippen LogP contribution >= 0.6 is 0 Å². The number of likely N-dealkylation sites (tertiary alicyclic amines) is 1. The molecule has 1 saturated heterocycles. The number of ether oxygens (including phenoxy) is 1. The molecule has 1 unspecified atom stereocenters. The van der Waals surface area contributed by atoms with Gasteiger partial charge in [0.15, 0.2) is 5.82 Å². The first kappa shape index (κ1) is 20.3. The van der Waals surface area contributed by atoms with Crippen molar-refractivity contribution in [1.82, 2.24) is 15.0 Å². The van der Waals surface area contributed by atoms with Crippen LogP contribution in [-0.4, -0.2) is 40.2 Å². The minimum absolute atomic E-state index is 0.134. The fourth-order valence-electron chi connectivity index (χ4n) is 3.33. The number of halogens is 3. The van der Waals surface area contributed by atoms with Crippen LogP contribution in [0.3, 0.4) is 0 Å². The summed E-state index contributed by atoms with van der Waals surface area (Å²) in [5, 5.41) is 3.86. The molecule has 9 heteroatoms. The van der Waals surface area contributed by atoms with Gasteiger partial charge in [-0.1, -0.05) is 29.8 Å². The number of carbonyl (C=O) groups is 1. The second kappa shape index (κ2) is 8.72. The van der Waals surface area contributed by atoms with Crippen LogP contribution in [0.15, 0.2) is 28.8 Å². The molecule has 0 bridgehead atoms. The van der Waals surface area contributed by atoms with Crippen molar-refractivity contribution in [3.63, 3.8) is 0 Å². The van der Waals surface area contributed by atoms with E-state index in [-0.39, 0.29) is 18.4 Å². The van der Waals surface area contributed by atoms with E-state index in [0.717, 1.165) is 31.5 Å². The zero-order chi connectivity index (χ0) is 20.1. The standard InChI is InChI=1S/C19H22F3N3O3/c1-2-27-18(26)15-8-3-4-9-25(15)12-17-23-16(24-28-17)11-13-6-5-7-14(10-13)19(20,21)22/h5-7,10,15H,2-4,8-9,11-12H2,1H3. The molecule has 1 aliphatic rings. The maximum Gasteiger partial charge on any atom is 0.416 e. The second-order valence-corrected chi connectivity index (χ2v) is 6.71. The summed E-state index contributed by atoms with van der Waals surface area (Å²) >= 11 is 0. The number of hydrogen-bond donors (Lipinski definition) is 0. The van der Waals surface area contributed by atoms with Gasteiger partial charge < -0.3 is 9.26 Å². The van der Waals surface area contributed by atoms with Gasteiger partial charge in [0.05, 0.1) is 18.7 Å². The predicted octanol–water partition coefficient (Wildman–Crippen LogP) is 3.60. The Hall–Kier alpha value is -2.42. The van der Waals surface area contributed by atoms with Crippen LogP contribution in [0.25, 0.3) is 0 Å². The molecule has 3 rings (SSSR count). The summed E-state index contributed by atoms with van der Waals surface area (Å²) in [6.07, 6.45) is -1.64. The molecule has 1 aromatic heterocycles. The Bertz CT molecular complexity index is 807. The van der Waals surface area contributed by atoms with E-state index in [1.54, 1.807) is 13.0 Å². The van der Waals surface area contributed by atoms with Crippen molar-refractivity contribution >= 4 is 5.97 Å². The van der Waals surface area contributed by atoms with Crippen molar-refractivity contribution in [1.29, 1.82) is 0 Å². The quantitative estimate of drug-likeness (QED) is 0.694. The third-order valence-corrected chi connectivity index (χ3v) is 4.64. The normalized spacial score (nSPS) is 18.2. The second-order valence-electron chi connectivity index (χ2n) is 6.71. The highest BCUT2D eigenvalue weighted by Crippen LogP contribution is 2.30. The minimum atomic E-state index is -4.39. The number of nitrogens with zero attached hydrogens (tertiary/aromatic N) is 3. The largest absolute Gasteiger partial charge is 0.465 e. The lowest BCUT2D eigenvalue weighted by atomic mass is 10.0. The molecule has 0 N–H and O–H groups in total. The van der Waals surface area contributed by atoms with Crippen molar-refractivity contribution in [3.05, 3.63) is 47.1 Å². The topological polar surface area (TPSA) is 68.5 Å². The Morgan fingerprint density at radius 3 is 2.93 bits per heavy atom. The number of hydrogen-bond acceptors (Lipinski definition) is 6. The van der Waals surface area contributed by atoms with Gasteiger partial charge in [-0.05, 0) is 37.9 Å².